The number of carbonyl (C=O) groups is 2. The summed E-state index contributed by atoms with van der Waals surface area (Å²) in [6.45, 7) is 3.91. The van der Waals surface area contributed by atoms with Gasteiger partial charge in [0.05, 0.1) is 0 Å². The molecule has 0 aliphatic heterocycles. The molecule has 0 N–H and O–H groups in total. The van der Waals surface area contributed by atoms with E-state index in [1.165, 1.54) is 0 Å². The van der Waals surface area contributed by atoms with Crippen molar-refractivity contribution >= 4 is 11.6 Å². The molecular weight excluding hydrogens is 188 g/mol. The van der Waals surface area contributed by atoms with Gasteiger partial charge in [0.1, 0.15) is 0 Å². The van der Waals surface area contributed by atoms with Gasteiger partial charge in [-0.2, -0.15) is 0 Å². The quantitative estimate of drug-likeness (QED) is 0.546. The standard InChI is InChI=1S/C13H16O2/c1-3-4-8-12(14)13(15)11-7-5-6-10(2)9-11/h5-7,9H,3-4,8H2,1-2H3. The van der Waals surface area contributed by atoms with Gasteiger partial charge >= 0.3 is 0 Å². The fourth-order valence-corrected chi connectivity index (χ4v) is 1.40. The van der Waals surface area contributed by atoms with Gasteiger partial charge in [-0.3, -0.25) is 9.59 Å². The van der Waals surface area contributed by atoms with Crippen LogP contribution in [0.15, 0.2) is 24.3 Å². The lowest BCUT2D eigenvalue weighted by Gasteiger charge is -2.00. The van der Waals surface area contributed by atoms with Gasteiger partial charge in [0.15, 0.2) is 0 Å². The summed E-state index contributed by atoms with van der Waals surface area (Å²) < 4.78 is 0. The number of benzene rings is 1. The van der Waals surface area contributed by atoms with Gasteiger partial charge in [0.25, 0.3) is 0 Å². The van der Waals surface area contributed by atoms with E-state index in [2.05, 4.69) is 0 Å². The molecule has 2 nitrogen and oxygen atoms in total. The lowest BCUT2D eigenvalue weighted by molar-refractivity contribution is -0.115. The third-order valence-electron chi connectivity index (χ3n) is 2.29. The van der Waals surface area contributed by atoms with Crippen LogP contribution in [0.1, 0.15) is 42.1 Å². The van der Waals surface area contributed by atoms with Crippen molar-refractivity contribution in [2.45, 2.75) is 33.1 Å². The number of hydrogen-bond donors (Lipinski definition) is 0. The van der Waals surface area contributed by atoms with E-state index in [4.69, 9.17) is 0 Å². The third kappa shape index (κ3) is 3.31. The summed E-state index contributed by atoms with van der Waals surface area (Å²) in [5.74, 6) is -0.630. The first-order valence-electron chi connectivity index (χ1n) is 5.29. The SMILES string of the molecule is CCCCC(=O)C(=O)c1cccc(C)c1. The summed E-state index contributed by atoms with van der Waals surface area (Å²) in [6.07, 6.45) is 2.09. The van der Waals surface area contributed by atoms with Crippen LogP contribution in [-0.2, 0) is 4.79 Å². The maximum Gasteiger partial charge on any atom is 0.228 e. The molecule has 0 atom stereocenters. The van der Waals surface area contributed by atoms with Crippen LogP contribution >= 0.6 is 0 Å². The predicted molar refractivity (Wildman–Crippen MR) is 60.0 cm³/mol. The van der Waals surface area contributed by atoms with Gasteiger partial charge in [0, 0.05) is 12.0 Å². The minimum atomic E-state index is -0.354. The minimum absolute atomic E-state index is 0.276. The highest BCUT2D eigenvalue weighted by molar-refractivity contribution is 6.43. The van der Waals surface area contributed by atoms with E-state index in [9.17, 15) is 9.59 Å². The van der Waals surface area contributed by atoms with E-state index in [-0.39, 0.29) is 11.6 Å². The fraction of sp³-hybridized carbons (Fsp3) is 0.385. The van der Waals surface area contributed by atoms with Gasteiger partial charge in [-0.25, -0.2) is 0 Å². The van der Waals surface area contributed by atoms with E-state index in [1.807, 2.05) is 19.9 Å². The van der Waals surface area contributed by atoms with Crippen molar-refractivity contribution in [3.63, 3.8) is 0 Å². The zero-order valence-corrected chi connectivity index (χ0v) is 9.25. The Morgan fingerprint density at radius 3 is 2.60 bits per heavy atom. The number of hydrogen-bond acceptors (Lipinski definition) is 2. The second-order valence-corrected chi connectivity index (χ2v) is 3.73. The second kappa shape index (κ2) is 5.44. The average Bonchev–Trinajstić information content (AvgIpc) is 2.24. The fourth-order valence-electron chi connectivity index (χ4n) is 1.40. The molecule has 0 saturated carbocycles. The lowest BCUT2D eigenvalue weighted by atomic mass is 10.0. The van der Waals surface area contributed by atoms with Crippen LogP contribution in [0, 0.1) is 6.92 Å². The summed E-state index contributed by atoms with van der Waals surface area (Å²) in [7, 11) is 0. The molecule has 0 aromatic heterocycles. The maximum atomic E-state index is 11.7. The van der Waals surface area contributed by atoms with Crippen molar-refractivity contribution in [3.8, 4) is 0 Å². The van der Waals surface area contributed by atoms with Gasteiger partial charge < -0.3 is 0 Å². The van der Waals surface area contributed by atoms with Crippen LogP contribution in [0.3, 0.4) is 0 Å². The molecule has 0 aliphatic rings. The molecule has 80 valence electrons. The highest BCUT2D eigenvalue weighted by Crippen LogP contribution is 2.07. The van der Waals surface area contributed by atoms with Gasteiger partial charge in [-0.1, -0.05) is 37.1 Å². The zero-order valence-electron chi connectivity index (χ0n) is 9.25. The minimum Gasteiger partial charge on any atom is -0.290 e. The Morgan fingerprint density at radius 1 is 1.27 bits per heavy atom. The number of unbranched alkanes of at least 4 members (excludes halogenated alkanes) is 1. The molecule has 0 heterocycles. The number of rotatable bonds is 5. The molecule has 0 aliphatic carbocycles. The monoisotopic (exact) mass is 204 g/mol. The van der Waals surface area contributed by atoms with Crippen LogP contribution in [-0.4, -0.2) is 11.6 Å². The first-order chi connectivity index (χ1) is 7.15. The summed E-state index contributed by atoms with van der Waals surface area (Å²) in [5.41, 5.74) is 1.51. The molecule has 0 bridgehead atoms. The van der Waals surface area contributed by atoms with E-state index in [0.717, 1.165) is 18.4 Å². The smallest absolute Gasteiger partial charge is 0.228 e. The molecule has 0 radical (unpaired) electrons. The first kappa shape index (κ1) is 11.6. The molecule has 2 heteroatoms. The van der Waals surface area contributed by atoms with E-state index in [1.54, 1.807) is 18.2 Å². The highest BCUT2D eigenvalue weighted by atomic mass is 16.2. The van der Waals surface area contributed by atoms with Crippen molar-refractivity contribution in [2.24, 2.45) is 0 Å². The van der Waals surface area contributed by atoms with Crippen LogP contribution in [0.2, 0.25) is 0 Å². The molecule has 0 spiro atoms. The second-order valence-electron chi connectivity index (χ2n) is 3.73. The molecule has 1 rings (SSSR count). The zero-order chi connectivity index (χ0) is 11.3. The Hall–Kier alpha value is -1.44. The predicted octanol–water partition coefficient (Wildman–Crippen LogP) is 2.94. The van der Waals surface area contributed by atoms with Crippen LogP contribution in [0.25, 0.3) is 0 Å². The molecule has 1 aromatic rings. The van der Waals surface area contributed by atoms with Gasteiger partial charge in [-0.15, -0.1) is 0 Å². The number of aryl methyl sites for hydroxylation is 1. The number of carbonyl (C=O) groups excluding carboxylic acids is 2. The number of Topliss-reactive ketones (excluding diaryl/α,β-unsaturated/α-hetero) is 2. The molecule has 0 unspecified atom stereocenters. The highest BCUT2D eigenvalue weighted by Gasteiger charge is 2.14. The number of ketones is 2. The lowest BCUT2D eigenvalue weighted by Crippen LogP contribution is -2.13. The molecule has 0 fully saturated rings. The van der Waals surface area contributed by atoms with E-state index in [0.29, 0.717) is 12.0 Å². The summed E-state index contributed by atoms with van der Waals surface area (Å²) in [6, 6.07) is 7.16. The van der Waals surface area contributed by atoms with Gasteiger partial charge in [-0.05, 0) is 19.4 Å². The molecule has 15 heavy (non-hydrogen) atoms. The largest absolute Gasteiger partial charge is 0.290 e. The Balaban J connectivity index is 2.72. The molecule has 0 saturated heterocycles. The Morgan fingerprint density at radius 2 is 2.00 bits per heavy atom. The Labute approximate surface area is 90.3 Å². The van der Waals surface area contributed by atoms with Crippen molar-refractivity contribution in [1.82, 2.24) is 0 Å². The third-order valence-corrected chi connectivity index (χ3v) is 2.29. The van der Waals surface area contributed by atoms with Crippen molar-refractivity contribution < 1.29 is 9.59 Å². The molecule has 1 aromatic carbocycles. The van der Waals surface area contributed by atoms with Crippen LogP contribution in [0.5, 0.6) is 0 Å². The van der Waals surface area contributed by atoms with Crippen LogP contribution in [0.4, 0.5) is 0 Å². The van der Waals surface area contributed by atoms with Crippen molar-refractivity contribution in [3.05, 3.63) is 35.4 Å². The maximum absolute atomic E-state index is 11.7. The van der Waals surface area contributed by atoms with E-state index < -0.39 is 0 Å². The Bertz CT molecular complexity index is 367. The van der Waals surface area contributed by atoms with E-state index >= 15 is 0 Å². The summed E-state index contributed by atoms with van der Waals surface area (Å²) in [5, 5.41) is 0. The normalized spacial score (nSPS) is 10.0. The van der Waals surface area contributed by atoms with Crippen LogP contribution < -0.4 is 0 Å². The van der Waals surface area contributed by atoms with Crippen molar-refractivity contribution in [1.29, 1.82) is 0 Å². The van der Waals surface area contributed by atoms with Gasteiger partial charge in [0.2, 0.25) is 11.6 Å². The average molecular weight is 204 g/mol. The van der Waals surface area contributed by atoms with Crippen molar-refractivity contribution in [2.75, 3.05) is 0 Å². The molecule has 0 amide bonds. The molecular formula is C13H16O2. The Kier molecular flexibility index (Phi) is 4.22. The topological polar surface area (TPSA) is 34.1 Å². The summed E-state index contributed by atoms with van der Waals surface area (Å²) in [4.78, 5) is 23.1. The summed E-state index contributed by atoms with van der Waals surface area (Å²) >= 11 is 0. The first-order valence-corrected chi connectivity index (χ1v) is 5.29.